The minimum absolute atomic E-state index is 0.0616. The average molecular weight is 343 g/mol. The molecule has 1 N–H and O–H groups in total. The Morgan fingerprint density at radius 3 is 2.46 bits per heavy atom. The van der Waals surface area contributed by atoms with Crippen molar-refractivity contribution in [1.29, 1.82) is 0 Å². The number of para-hydroxylation sites is 1. The smallest absolute Gasteiger partial charge is 0.223 e. The van der Waals surface area contributed by atoms with Crippen LogP contribution in [-0.2, 0) is 4.79 Å². The van der Waals surface area contributed by atoms with Crippen LogP contribution in [0.3, 0.4) is 0 Å². The van der Waals surface area contributed by atoms with Gasteiger partial charge in [0.25, 0.3) is 0 Å². The standard InChI is InChI=1S/C20H26N2OS/c1-15(18-9-6-14-24-18)19(20(23)21-2)16-10-12-22(13-11-16)17-7-4-3-5-8-17/h3-9,14-16,19H,10-13H2,1-2H3,(H,21,23)/t15-,19-/m0/s1. The summed E-state index contributed by atoms with van der Waals surface area (Å²) in [6, 6.07) is 14.8. The first kappa shape index (κ1) is 17.0. The van der Waals surface area contributed by atoms with Crippen molar-refractivity contribution in [3.63, 3.8) is 0 Å². The molecule has 1 aromatic heterocycles. The fourth-order valence-corrected chi connectivity index (χ4v) is 4.73. The Labute approximate surface area is 148 Å². The van der Waals surface area contributed by atoms with E-state index in [-0.39, 0.29) is 17.7 Å². The summed E-state index contributed by atoms with van der Waals surface area (Å²) in [6.07, 6.45) is 2.14. The molecule has 1 amide bonds. The molecule has 0 saturated carbocycles. The summed E-state index contributed by atoms with van der Waals surface area (Å²) in [7, 11) is 1.76. The molecule has 24 heavy (non-hydrogen) atoms. The summed E-state index contributed by atoms with van der Waals surface area (Å²) in [6.45, 7) is 4.26. The van der Waals surface area contributed by atoms with E-state index in [0.717, 1.165) is 25.9 Å². The Hall–Kier alpha value is -1.81. The molecule has 0 spiro atoms. The molecule has 2 atom stereocenters. The molecule has 1 aromatic carbocycles. The number of amides is 1. The van der Waals surface area contributed by atoms with Crippen LogP contribution in [0.5, 0.6) is 0 Å². The summed E-state index contributed by atoms with van der Waals surface area (Å²) in [4.78, 5) is 16.3. The van der Waals surface area contributed by atoms with E-state index < -0.39 is 0 Å². The van der Waals surface area contributed by atoms with Gasteiger partial charge in [-0.15, -0.1) is 11.3 Å². The Bertz CT molecular complexity index is 633. The third kappa shape index (κ3) is 3.64. The second-order valence-electron chi connectivity index (χ2n) is 6.60. The highest BCUT2D eigenvalue weighted by Crippen LogP contribution is 2.38. The Balaban J connectivity index is 1.70. The van der Waals surface area contributed by atoms with Gasteiger partial charge in [-0.2, -0.15) is 0 Å². The molecule has 0 unspecified atom stereocenters. The van der Waals surface area contributed by atoms with Crippen LogP contribution in [0, 0.1) is 11.8 Å². The number of carbonyl (C=O) groups excluding carboxylic acids is 1. The molecular weight excluding hydrogens is 316 g/mol. The van der Waals surface area contributed by atoms with Crippen LogP contribution >= 0.6 is 11.3 Å². The predicted molar refractivity (Wildman–Crippen MR) is 102 cm³/mol. The lowest BCUT2D eigenvalue weighted by Gasteiger charge is -2.38. The van der Waals surface area contributed by atoms with Crippen LogP contribution in [0.2, 0.25) is 0 Å². The number of piperidine rings is 1. The lowest BCUT2D eigenvalue weighted by atomic mass is 9.76. The number of nitrogens with one attached hydrogen (secondary N) is 1. The summed E-state index contributed by atoms with van der Waals surface area (Å²) in [5.41, 5.74) is 1.29. The highest BCUT2D eigenvalue weighted by molar-refractivity contribution is 7.10. The van der Waals surface area contributed by atoms with E-state index in [4.69, 9.17) is 0 Å². The molecule has 2 heterocycles. The number of benzene rings is 1. The van der Waals surface area contributed by atoms with Gasteiger partial charge < -0.3 is 10.2 Å². The number of hydrogen-bond acceptors (Lipinski definition) is 3. The molecule has 0 radical (unpaired) electrons. The van der Waals surface area contributed by atoms with Crippen molar-refractivity contribution in [1.82, 2.24) is 5.32 Å². The first-order chi connectivity index (χ1) is 11.7. The minimum atomic E-state index is 0.0616. The molecular formula is C20H26N2OS. The maximum absolute atomic E-state index is 12.6. The van der Waals surface area contributed by atoms with E-state index in [1.807, 2.05) is 0 Å². The molecule has 0 bridgehead atoms. The van der Waals surface area contributed by atoms with E-state index in [2.05, 4.69) is 65.0 Å². The third-order valence-electron chi connectivity index (χ3n) is 5.25. The van der Waals surface area contributed by atoms with E-state index in [1.165, 1.54) is 10.6 Å². The van der Waals surface area contributed by atoms with Gasteiger partial charge in [0.15, 0.2) is 0 Å². The summed E-state index contributed by atoms with van der Waals surface area (Å²) >= 11 is 1.76. The zero-order valence-corrected chi connectivity index (χ0v) is 15.3. The highest BCUT2D eigenvalue weighted by atomic mass is 32.1. The number of anilines is 1. The Morgan fingerprint density at radius 2 is 1.88 bits per heavy atom. The molecule has 1 fully saturated rings. The molecule has 1 saturated heterocycles. The SMILES string of the molecule is CNC(=O)[C@H](C1CCN(c2ccccc2)CC1)[C@@H](C)c1cccs1. The second kappa shape index (κ2) is 7.84. The zero-order chi connectivity index (χ0) is 16.9. The van der Waals surface area contributed by atoms with Crippen LogP contribution < -0.4 is 10.2 Å². The molecule has 1 aliphatic heterocycles. The van der Waals surface area contributed by atoms with Gasteiger partial charge in [-0.1, -0.05) is 31.2 Å². The van der Waals surface area contributed by atoms with Crippen molar-refractivity contribution in [2.24, 2.45) is 11.8 Å². The molecule has 3 nitrogen and oxygen atoms in total. The topological polar surface area (TPSA) is 32.3 Å². The highest BCUT2D eigenvalue weighted by Gasteiger charge is 2.35. The van der Waals surface area contributed by atoms with Gasteiger partial charge in [0.2, 0.25) is 5.91 Å². The van der Waals surface area contributed by atoms with Crippen LogP contribution in [-0.4, -0.2) is 26.0 Å². The maximum Gasteiger partial charge on any atom is 0.223 e. The van der Waals surface area contributed by atoms with Gasteiger partial charge in [0, 0.05) is 42.5 Å². The first-order valence-electron chi connectivity index (χ1n) is 8.75. The van der Waals surface area contributed by atoms with Crippen LogP contribution in [0.25, 0.3) is 0 Å². The molecule has 3 rings (SSSR count). The Morgan fingerprint density at radius 1 is 1.17 bits per heavy atom. The van der Waals surface area contributed by atoms with Crippen molar-refractivity contribution < 1.29 is 4.79 Å². The summed E-state index contributed by atoms with van der Waals surface area (Å²) in [5.74, 6) is 0.973. The van der Waals surface area contributed by atoms with Crippen LogP contribution in [0.4, 0.5) is 5.69 Å². The van der Waals surface area contributed by atoms with Crippen molar-refractivity contribution in [3.05, 3.63) is 52.7 Å². The zero-order valence-electron chi connectivity index (χ0n) is 14.4. The van der Waals surface area contributed by atoms with E-state index in [9.17, 15) is 4.79 Å². The quantitative estimate of drug-likeness (QED) is 0.886. The van der Waals surface area contributed by atoms with Crippen molar-refractivity contribution in [2.45, 2.75) is 25.7 Å². The van der Waals surface area contributed by atoms with Gasteiger partial charge in [-0.3, -0.25) is 4.79 Å². The lowest BCUT2D eigenvalue weighted by molar-refractivity contribution is -0.127. The number of carbonyl (C=O) groups is 1. The molecule has 4 heteroatoms. The number of hydrogen-bond donors (Lipinski definition) is 1. The second-order valence-corrected chi connectivity index (χ2v) is 7.58. The van der Waals surface area contributed by atoms with Gasteiger partial charge >= 0.3 is 0 Å². The van der Waals surface area contributed by atoms with E-state index in [0.29, 0.717) is 5.92 Å². The number of nitrogens with zero attached hydrogens (tertiary/aromatic N) is 1. The van der Waals surface area contributed by atoms with Gasteiger partial charge in [0.05, 0.1) is 0 Å². The predicted octanol–water partition coefficient (Wildman–Crippen LogP) is 4.13. The molecule has 128 valence electrons. The van der Waals surface area contributed by atoms with E-state index in [1.54, 1.807) is 18.4 Å². The molecule has 0 aliphatic carbocycles. The summed E-state index contributed by atoms with van der Waals surface area (Å²) < 4.78 is 0. The Kier molecular flexibility index (Phi) is 5.56. The van der Waals surface area contributed by atoms with Crippen LogP contribution in [0.15, 0.2) is 47.8 Å². The molecule has 2 aromatic rings. The fourth-order valence-electron chi connectivity index (χ4n) is 3.90. The average Bonchev–Trinajstić information content (AvgIpc) is 3.18. The number of rotatable bonds is 5. The number of thiophene rings is 1. The third-order valence-corrected chi connectivity index (χ3v) is 6.32. The first-order valence-corrected chi connectivity index (χ1v) is 9.63. The van der Waals surface area contributed by atoms with Gasteiger partial charge in [0.1, 0.15) is 0 Å². The van der Waals surface area contributed by atoms with Gasteiger partial charge in [-0.05, 0) is 42.3 Å². The van der Waals surface area contributed by atoms with Gasteiger partial charge in [-0.25, -0.2) is 0 Å². The van der Waals surface area contributed by atoms with E-state index >= 15 is 0 Å². The largest absolute Gasteiger partial charge is 0.372 e. The van der Waals surface area contributed by atoms with Crippen molar-refractivity contribution in [2.75, 3.05) is 25.0 Å². The van der Waals surface area contributed by atoms with Crippen LogP contribution in [0.1, 0.15) is 30.6 Å². The summed E-state index contributed by atoms with van der Waals surface area (Å²) in [5, 5.41) is 5.00. The lowest BCUT2D eigenvalue weighted by Crippen LogP contribution is -2.42. The minimum Gasteiger partial charge on any atom is -0.372 e. The van der Waals surface area contributed by atoms with Crippen molar-refractivity contribution in [3.8, 4) is 0 Å². The molecule has 1 aliphatic rings. The van der Waals surface area contributed by atoms with Crippen molar-refractivity contribution >= 4 is 22.9 Å². The normalized spacial score (nSPS) is 18.2. The fraction of sp³-hybridized carbons (Fsp3) is 0.450. The maximum atomic E-state index is 12.6. The monoisotopic (exact) mass is 342 g/mol.